The molecule has 2 aromatic carbocycles. The van der Waals surface area contributed by atoms with Gasteiger partial charge in [0, 0.05) is 16.1 Å². The van der Waals surface area contributed by atoms with E-state index in [1.165, 1.54) is 5.82 Å². The number of hydrogen-bond acceptors (Lipinski definition) is 2. The minimum atomic E-state index is -0.265. The highest BCUT2D eigenvalue weighted by atomic mass is 35.5. The van der Waals surface area contributed by atoms with Crippen LogP contribution >= 0.6 is 11.6 Å². The van der Waals surface area contributed by atoms with Crippen molar-refractivity contribution in [3.05, 3.63) is 71.1 Å². The molecule has 5 heteroatoms. The van der Waals surface area contributed by atoms with E-state index in [4.69, 9.17) is 16.3 Å². The number of carbonyl (C=O) groups is 1. The van der Waals surface area contributed by atoms with Gasteiger partial charge in [-0.3, -0.25) is 4.79 Å². The number of Topliss-reactive ketones (excluding diaryl/α,β-unsaturated/α-hetero) is 1. The molecule has 0 aliphatic carbocycles. The van der Waals surface area contributed by atoms with Crippen molar-refractivity contribution in [3.8, 4) is 17.0 Å². The van der Waals surface area contributed by atoms with Gasteiger partial charge >= 0.3 is 0 Å². The van der Waals surface area contributed by atoms with Crippen LogP contribution in [0.4, 0.5) is 0 Å². The lowest BCUT2D eigenvalue weighted by molar-refractivity contribution is -0.710. The normalized spacial score (nSPS) is 14.0. The summed E-state index contributed by atoms with van der Waals surface area (Å²) in [4.78, 5) is 13.0. The summed E-state index contributed by atoms with van der Waals surface area (Å²) in [7, 11) is 1.62. The number of imidazole rings is 1. The Balaban J connectivity index is 1.69. The summed E-state index contributed by atoms with van der Waals surface area (Å²) in [6.45, 7) is 2.95. The van der Waals surface area contributed by atoms with E-state index >= 15 is 0 Å². The molecule has 0 bridgehead atoms. The van der Waals surface area contributed by atoms with Gasteiger partial charge in [0.15, 0.2) is 11.7 Å². The highest BCUT2D eigenvalue weighted by Gasteiger charge is 2.33. The van der Waals surface area contributed by atoms with Crippen LogP contribution in [0, 0.1) is 0 Å². The zero-order valence-corrected chi connectivity index (χ0v) is 16.2. The van der Waals surface area contributed by atoms with Crippen LogP contribution in [0.1, 0.15) is 35.6 Å². The molecule has 0 unspecified atom stereocenters. The Morgan fingerprint density at radius 1 is 1.15 bits per heavy atom. The van der Waals surface area contributed by atoms with Crippen molar-refractivity contribution in [2.45, 2.75) is 32.4 Å². The number of ketones is 1. The number of halogens is 1. The minimum Gasteiger partial charge on any atom is -0.497 e. The van der Waals surface area contributed by atoms with Crippen LogP contribution in [-0.2, 0) is 13.0 Å². The molecule has 2 heterocycles. The van der Waals surface area contributed by atoms with E-state index in [-0.39, 0.29) is 11.8 Å². The summed E-state index contributed by atoms with van der Waals surface area (Å²) < 4.78 is 9.63. The van der Waals surface area contributed by atoms with E-state index in [2.05, 4.69) is 15.3 Å². The molecular formula is C22H22ClN2O2+. The standard InChI is InChI=1S/C22H22ClN2O2/c1-15(22(26)17-7-11-19(27-2)12-8-17)25-14-20(24-13-3-4-21(24)25)16-5-9-18(23)10-6-16/h5-12,14-15H,3-4,13H2,1-2H3/q+1/t15-/m0/s1. The molecular weight excluding hydrogens is 360 g/mol. The van der Waals surface area contributed by atoms with Crippen molar-refractivity contribution in [1.29, 1.82) is 0 Å². The number of aromatic nitrogens is 2. The number of ether oxygens (including phenoxy) is 1. The highest BCUT2D eigenvalue weighted by molar-refractivity contribution is 6.30. The second-order valence-corrected chi connectivity index (χ2v) is 7.31. The first-order valence-electron chi connectivity index (χ1n) is 9.16. The maximum Gasteiger partial charge on any atom is 0.257 e. The number of hydrogen-bond donors (Lipinski definition) is 0. The molecule has 0 spiro atoms. The summed E-state index contributed by atoms with van der Waals surface area (Å²) in [5.74, 6) is 2.06. The number of nitrogens with zero attached hydrogens (tertiary/aromatic N) is 2. The van der Waals surface area contributed by atoms with E-state index in [0.29, 0.717) is 5.56 Å². The Morgan fingerprint density at radius 3 is 2.52 bits per heavy atom. The first kappa shape index (κ1) is 17.8. The van der Waals surface area contributed by atoms with E-state index < -0.39 is 0 Å². The third-order valence-corrected chi connectivity index (χ3v) is 5.51. The van der Waals surface area contributed by atoms with Gasteiger partial charge in [0.25, 0.3) is 5.82 Å². The highest BCUT2D eigenvalue weighted by Crippen LogP contribution is 2.27. The second kappa shape index (κ2) is 7.20. The van der Waals surface area contributed by atoms with E-state index in [0.717, 1.165) is 41.4 Å². The van der Waals surface area contributed by atoms with Gasteiger partial charge in [-0.25, -0.2) is 9.13 Å². The fraction of sp³-hybridized carbons (Fsp3) is 0.273. The smallest absolute Gasteiger partial charge is 0.257 e. The van der Waals surface area contributed by atoms with Gasteiger partial charge in [-0.1, -0.05) is 11.6 Å². The molecule has 0 N–H and O–H groups in total. The van der Waals surface area contributed by atoms with Crippen LogP contribution in [0.2, 0.25) is 5.02 Å². The van der Waals surface area contributed by atoms with Crippen molar-refractivity contribution in [3.63, 3.8) is 0 Å². The van der Waals surface area contributed by atoms with Crippen LogP contribution in [0.15, 0.2) is 54.7 Å². The fourth-order valence-electron chi connectivity index (χ4n) is 3.77. The molecule has 0 saturated heterocycles. The first-order chi connectivity index (χ1) is 13.1. The van der Waals surface area contributed by atoms with Crippen molar-refractivity contribution in [2.75, 3.05) is 7.11 Å². The summed E-state index contributed by atoms with van der Waals surface area (Å²) in [5.41, 5.74) is 2.95. The largest absolute Gasteiger partial charge is 0.497 e. The molecule has 0 amide bonds. The third-order valence-electron chi connectivity index (χ3n) is 5.26. The average Bonchev–Trinajstić information content (AvgIpc) is 3.30. The van der Waals surface area contributed by atoms with Gasteiger partial charge < -0.3 is 4.74 Å². The van der Waals surface area contributed by atoms with Crippen LogP contribution < -0.4 is 9.30 Å². The number of methoxy groups -OCH3 is 1. The minimum absolute atomic E-state index is 0.102. The van der Waals surface area contributed by atoms with E-state index in [1.807, 2.05) is 55.5 Å². The molecule has 1 aliphatic rings. The molecule has 0 radical (unpaired) electrons. The van der Waals surface area contributed by atoms with E-state index in [9.17, 15) is 4.79 Å². The lowest BCUT2D eigenvalue weighted by Crippen LogP contribution is -2.44. The van der Waals surface area contributed by atoms with Crippen molar-refractivity contribution < 1.29 is 14.1 Å². The van der Waals surface area contributed by atoms with Gasteiger partial charge in [0.1, 0.15) is 11.9 Å². The van der Waals surface area contributed by atoms with Gasteiger partial charge in [-0.2, -0.15) is 0 Å². The molecule has 0 saturated carbocycles. The Labute approximate surface area is 164 Å². The maximum atomic E-state index is 13.0. The van der Waals surface area contributed by atoms with Crippen LogP contribution in [0.5, 0.6) is 5.75 Å². The molecule has 4 nitrogen and oxygen atoms in total. The number of rotatable bonds is 5. The third kappa shape index (κ3) is 3.26. The monoisotopic (exact) mass is 381 g/mol. The predicted octanol–water partition coefficient (Wildman–Crippen LogP) is 4.49. The Hall–Kier alpha value is -2.59. The zero-order valence-electron chi connectivity index (χ0n) is 15.5. The first-order valence-corrected chi connectivity index (χ1v) is 9.54. The number of benzene rings is 2. The van der Waals surface area contributed by atoms with Gasteiger partial charge in [-0.15, -0.1) is 0 Å². The van der Waals surface area contributed by atoms with Crippen LogP contribution in [-0.4, -0.2) is 17.5 Å². The second-order valence-electron chi connectivity index (χ2n) is 6.87. The quantitative estimate of drug-likeness (QED) is 0.482. The molecule has 27 heavy (non-hydrogen) atoms. The Morgan fingerprint density at radius 2 is 1.85 bits per heavy atom. The lowest BCUT2D eigenvalue weighted by Gasteiger charge is -2.09. The molecule has 1 aromatic heterocycles. The van der Waals surface area contributed by atoms with Crippen molar-refractivity contribution >= 4 is 17.4 Å². The van der Waals surface area contributed by atoms with Crippen LogP contribution in [0.3, 0.4) is 0 Å². The SMILES string of the molecule is COc1ccc(C(=O)[C@H](C)[n+]2cc(-c3ccc(Cl)cc3)n3c2CCC3)cc1. The predicted molar refractivity (Wildman–Crippen MR) is 105 cm³/mol. The Bertz CT molecular complexity index is 975. The Kier molecular flexibility index (Phi) is 4.75. The topological polar surface area (TPSA) is 35.1 Å². The summed E-state index contributed by atoms with van der Waals surface area (Å²) in [5, 5.41) is 0.725. The maximum absolute atomic E-state index is 13.0. The summed E-state index contributed by atoms with van der Waals surface area (Å²) >= 11 is 6.04. The lowest BCUT2D eigenvalue weighted by atomic mass is 10.0. The molecule has 0 fully saturated rings. The summed E-state index contributed by atoms with van der Waals surface area (Å²) in [6, 6.07) is 14.9. The van der Waals surface area contributed by atoms with Gasteiger partial charge in [0.2, 0.25) is 5.78 Å². The molecule has 1 aliphatic heterocycles. The zero-order chi connectivity index (χ0) is 19.0. The summed E-state index contributed by atoms with van der Waals surface area (Å²) in [6.07, 6.45) is 4.18. The fourth-order valence-corrected chi connectivity index (χ4v) is 3.90. The van der Waals surface area contributed by atoms with Crippen molar-refractivity contribution in [1.82, 2.24) is 4.57 Å². The van der Waals surface area contributed by atoms with Crippen LogP contribution in [0.25, 0.3) is 11.3 Å². The molecule has 138 valence electrons. The van der Waals surface area contributed by atoms with E-state index in [1.54, 1.807) is 7.11 Å². The van der Waals surface area contributed by atoms with Gasteiger partial charge in [-0.05, 0) is 61.9 Å². The molecule has 4 rings (SSSR count). The number of fused-ring (bicyclic) bond motifs is 1. The molecule has 1 atom stereocenters. The average molecular weight is 382 g/mol. The number of carbonyl (C=O) groups excluding carboxylic acids is 1. The molecule has 3 aromatic rings. The van der Waals surface area contributed by atoms with Crippen molar-refractivity contribution in [2.24, 2.45) is 0 Å². The van der Waals surface area contributed by atoms with Gasteiger partial charge in [0.05, 0.1) is 20.1 Å².